The number of phenols is 1. The van der Waals surface area contributed by atoms with Crippen molar-refractivity contribution in [2.45, 2.75) is 31.1 Å². The number of methoxy groups -OCH3 is 3. The van der Waals surface area contributed by atoms with Gasteiger partial charge in [-0.25, -0.2) is 0 Å². The van der Waals surface area contributed by atoms with Crippen LogP contribution in [0.1, 0.15) is 42.2 Å². The lowest BCUT2D eigenvalue weighted by Crippen LogP contribution is -2.38. The zero-order chi connectivity index (χ0) is 22.1. The van der Waals surface area contributed by atoms with E-state index in [-0.39, 0.29) is 35.7 Å². The number of nitrogens with one attached hydrogen (secondary N) is 1. The van der Waals surface area contributed by atoms with Crippen molar-refractivity contribution in [2.75, 3.05) is 21.3 Å². The van der Waals surface area contributed by atoms with Crippen LogP contribution in [0.15, 0.2) is 47.7 Å². The Morgan fingerprint density at radius 2 is 1.52 bits per heavy atom. The number of ether oxygens (including phenoxy) is 3. The third-order valence-electron chi connectivity index (χ3n) is 6.02. The summed E-state index contributed by atoms with van der Waals surface area (Å²) in [6.07, 6.45) is 1.07. The molecule has 4 rings (SSSR count). The highest BCUT2D eigenvalue weighted by molar-refractivity contribution is 6.02. The molecule has 2 atom stereocenters. The van der Waals surface area contributed by atoms with Crippen LogP contribution in [0.2, 0.25) is 0 Å². The number of phenolic OH excluding ortho intramolecular Hbond substituents is 1. The number of ketones is 1. The molecule has 1 aliphatic heterocycles. The van der Waals surface area contributed by atoms with E-state index in [0.29, 0.717) is 41.4 Å². The van der Waals surface area contributed by atoms with Crippen LogP contribution in [0.4, 0.5) is 0 Å². The third kappa shape index (κ3) is 3.83. The number of aromatic hydroxyl groups is 1. The van der Waals surface area contributed by atoms with Crippen LogP contribution in [-0.2, 0) is 9.59 Å². The van der Waals surface area contributed by atoms with Gasteiger partial charge in [-0.3, -0.25) is 9.59 Å². The number of hydrogen-bond donors (Lipinski definition) is 2. The van der Waals surface area contributed by atoms with E-state index >= 15 is 0 Å². The Balaban J connectivity index is 1.70. The van der Waals surface area contributed by atoms with Gasteiger partial charge in [0.2, 0.25) is 5.91 Å². The molecule has 1 aliphatic carbocycles. The Morgan fingerprint density at radius 3 is 2.23 bits per heavy atom. The van der Waals surface area contributed by atoms with Gasteiger partial charge in [0.25, 0.3) is 0 Å². The molecule has 7 nitrogen and oxygen atoms in total. The van der Waals surface area contributed by atoms with Crippen molar-refractivity contribution in [3.8, 4) is 23.0 Å². The van der Waals surface area contributed by atoms with Gasteiger partial charge in [-0.2, -0.15) is 0 Å². The zero-order valence-electron chi connectivity index (χ0n) is 17.7. The summed E-state index contributed by atoms with van der Waals surface area (Å²) in [4.78, 5) is 25.7. The lowest BCUT2D eigenvalue weighted by atomic mass is 9.73. The highest BCUT2D eigenvalue weighted by Crippen LogP contribution is 2.44. The molecule has 2 aliphatic rings. The first-order valence-electron chi connectivity index (χ1n) is 10.1. The van der Waals surface area contributed by atoms with Crippen molar-refractivity contribution in [1.82, 2.24) is 5.32 Å². The molecule has 0 saturated heterocycles. The maximum atomic E-state index is 13.3. The summed E-state index contributed by atoms with van der Waals surface area (Å²) in [6, 6.07) is 10.6. The highest BCUT2D eigenvalue weighted by Gasteiger charge is 2.38. The van der Waals surface area contributed by atoms with E-state index in [1.165, 1.54) is 13.2 Å². The number of Topliss-reactive ketones (excluding diaryl/α,β-unsaturated/α-hetero) is 1. The topological polar surface area (TPSA) is 94.1 Å². The van der Waals surface area contributed by atoms with Gasteiger partial charge in [0.05, 0.1) is 21.3 Å². The summed E-state index contributed by atoms with van der Waals surface area (Å²) in [5, 5.41) is 12.8. The van der Waals surface area contributed by atoms with E-state index in [2.05, 4.69) is 5.32 Å². The second kappa shape index (κ2) is 8.34. The number of carbonyl (C=O) groups is 2. The van der Waals surface area contributed by atoms with Gasteiger partial charge in [0, 0.05) is 30.0 Å². The molecular formula is C24H25NO6. The second-order valence-corrected chi connectivity index (χ2v) is 7.77. The molecule has 0 spiro atoms. The van der Waals surface area contributed by atoms with Crippen LogP contribution in [0.3, 0.4) is 0 Å². The van der Waals surface area contributed by atoms with Gasteiger partial charge in [0.1, 0.15) is 0 Å². The largest absolute Gasteiger partial charge is 0.504 e. The molecule has 0 saturated carbocycles. The number of allylic oxidation sites excluding steroid dienone is 2. The summed E-state index contributed by atoms with van der Waals surface area (Å²) >= 11 is 0. The lowest BCUT2D eigenvalue weighted by molar-refractivity contribution is -0.122. The maximum absolute atomic E-state index is 13.3. The Labute approximate surface area is 180 Å². The van der Waals surface area contributed by atoms with E-state index in [9.17, 15) is 14.7 Å². The van der Waals surface area contributed by atoms with Crippen LogP contribution in [0, 0.1) is 0 Å². The quantitative estimate of drug-likeness (QED) is 0.765. The highest BCUT2D eigenvalue weighted by atomic mass is 16.5. The molecule has 162 valence electrons. The Kier molecular flexibility index (Phi) is 5.59. The standard InChI is InChI=1S/C24H25NO6/c1-29-20-7-5-13(10-22(20)31-3)15-8-17-24(19(27)9-15)16(12-23(28)25-17)14-4-6-18(26)21(11-14)30-2/h4-7,10-11,15-16,26H,8-9,12H2,1-3H3,(H,25,28). The van der Waals surface area contributed by atoms with E-state index < -0.39 is 0 Å². The maximum Gasteiger partial charge on any atom is 0.225 e. The van der Waals surface area contributed by atoms with Gasteiger partial charge in [-0.15, -0.1) is 0 Å². The SMILES string of the molecule is COc1cc(C2CC(=O)NC3=C2C(=O)CC(c2ccc(OC)c(OC)c2)C3)ccc1O. The molecule has 2 N–H and O–H groups in total. The fourth-order valence-corrected chi connectivity index (χ4v) is 4.50. The Morgan fingerprint density at radius 1 is 0.839 bits per heavy atom. The van der Waals surface area contributed by atoms with E-state index in [4.69, 9.17) is 14.2 Å². The fraction of sp³-hybridized carbons (Fsp3) is 0.333. The number of hydrogen-bond acceptors (Lipinski definition) is 6. The summed E-state index contributed by atoms with van der Waals surface area (Å²) in [5.74, 6) is 1.02. The van der Waals surface area contributed by atoms with Crippen molar-refractivity contribution >= 4 is 11.7 Å². The second-order valence-electron chi connectivity index (χ2n) is 7.77. The summed E-state index contributed by atoms with van der Waals surface area (Å²) in [5.41, 5.74) is 3.04. The minimum absolute atomic E-state index is 0.0121. The number of benzene rings is 2. The minimum Gasteiger partial charge on any atom is -0.504 e. The van der Waals surface area contributed by atoms with Gasteiger partial charge in [0.15, 0.2) is 28.8 Å². The van der Waals surface area contributed by atoms with Crippen molar-refractivity contribution in [1.29, 1.82) is 0 Å². The van der Waals surface area contributed by atoms with Crippen LogP contribution in [0.5, 0.6) is 23.0 Å². The van der Waals surface area contributed by atoms with Crippen molar-refractivity contribution in [3.63, 3.8) is 0 Å². The number of carbonyl (C=O) groups excluding carboxylic acids is 2. The summed E-state index contributed by atoms with van der Waals surface area (Å²) in [6.45, 7) is 0. The van der Waals surface area contributed by atoms with Crippen molar-refractivity contribution < 1.29 is 28.9 Å². The smallest absolute Gasteiger partial charge is 0.225 e. The van der Waals surface area contributed by atoms with E-state index in [1.807, 2.05) is 18.2 Å². The molecule has 1 heterocycles. The van der Waals surface area contributed by atoms with Crippen LogP contribution >= 0.6 is 0 Å². The number of amides is 1. The molecule has 0 fully saturated rings. The van der Waals surface area contributed by atoms with Gasteiger partial charge in [-0.1, -0.05) is 12.1 Å². The first-order chi connectivity index (χ1) is 14.9. The van der Waals surface area contributed by atoms with Crippen molar-refractivity contribution in [2.24, 2.45) is 0 Å². The molecule has 2 unspecified atom stereocenters. The minimum atomic E-state index is -0.364. The molecule has 2 aromatic rings. The van der Waals surface area contributed by atoms with Crippen LogP contribution in [-0.4, -0.2) is 38.1 Å². The van der Waals surface area contributed by atoms with Crippen LogP contribution < -0.4 is 19.5 Å². The molecule has 0 aromatic heterocycles. The lowest BCUT2D eigenvalue weighted by Gasteiger charge is -2.34. The third-order valence-corrected chi connectivity index (χ3v) is 6.02. The van der Waals surface area contributed by atoms with Crippen molar-refractivity contribution in [3.05, 3.63) is 58.8 Å². The number of rotatable bonds is 5. The van der Waals surface area contributed by atoms with Gasteiger partial charge < -0.3 is 24.6 Å². The fourth-order valence-electron chi connectivity index (χ4n) is 4.50. The molecule has 0 bridgehead atoms. The van der Waals surface area contributed by atoms with Gasteiger partial charge >= 0.3 is 0 Å². The molecule has 7 heteroatoms. The molecule has 31 heavy (non-hydrogen) atoms. The average Bonchev–Trinajstić information content (AvgIpc) is 2.78. The normalized spacial score (nSPS) is 20.7. The monoisotopic (exact) mass is 423 g/mol. The molecule has 0 radical (unpaired) electrons. The average molecular weight is 423 g/mol. The van der Waals surface area contributed by atoms with E-state index in [1.54, 1.807) is 26.4 Å². The molecular weight excluding hydrogens is 398 g/mol. The summed E-state index contributed by atoms with van der Waals surface area (Å²) in [7, 11) is 4.62. The van der Waals surface area contributed by atoms with Gasteiger partial charge in [-0.05, 0) is 47.7 Å². The molecule has 1 amide bonds. The first-order valence-corrected chi connectivity index (χ1v) is 10.1. The Bertz CT molecular complexity index is 1070. The predicted molar refractivity (Wildman–Crippen MR) is 114 cm³/mol. The predicted octanol–water partition coefficient (Wildman–Crippen LogP) is 3.42. The Hall–Kier alpha value is -3.48. The first kappa shape index (κ1) is 20.8. The summed E-state index contributed by atoms with van der Waals surface area (Å²) < 4.78 is 15.9. The molecule has 2 aromatic carbocycles. The van der Waals surface area contributed by atoms with Crippen LogP contribution in [0.25, 0.3) is 0 Å². The van der Waals surface area contributed by atoms with E-state index in [0.717, 1.165) is 11.1 Å². The zero-order valence-corrected chi connectivity index (χ0v) is 17.7.